The zero-order chi connectivity index (χ0) is 13.8. The van der Waals surface area contributed by atoms with Crippen molar-refractivity contribution < 1.29 is 9.90 Å². The van der Waals surface area contributed by atoms with Crippen LogP contribution in [0.15, 0.2) is 27.5 Å². The molecule has 0 aliphatic heterocycles. The molecule has 0 saturated heterocycles. The highest BCUT2D eigenvalue weighted by atomic mass is 32.2. The molecular formula is C11H13N3O3S2. The molecule has 0 radical (unpaired) electrons. The fraction of sp³-hybridized carbons (Fsp3) is 0.364. The smallest absolute Gasteiger partial charge is 0.344 e. The van der Waals surface area contributed by atoms with E-state index in [9.17, 15) is 9.59 Å². The van der Waals surface area contributed by atoms with Crippen LogP contribution >= 0.6 is 23.1 Å². The van der Waals surface area contributed by atoms with Crippen molar-refractivity contribution in [1.82, 2.24) is 14.8 Å². The minimum Gasteiger partial charge on any atom is -0.481 e. The van der Waals surface area contributed by atoms with E-state index >= 15 is 0 Å². The number of hydrogen-bond acceptors (Lipinski definition) is 5. The summed E-state index contributed by atoms with van der Waals surface area (Å²) in [5, 5.41) is 17.4. The summed E-state index contributed by atoms with van der Waals surface area (Å²) in [4.78, 5) is 23.5. The lowest BCUT2D eigenvalue weighted by Crippen LogP contribution is -2.23. The average molecular weight is 299 g/mol. The molecule has 0 aliphatic rings. The molecule has 2 N–H and O–H groups in total. The number of aliphatic carboxylic acids is 1. The molecule has 2 aromatic heterocycles. The van der Waals surface area contributed by atoms with E-state index in [0.717, 1.165) is 23.1 Å². The van der Waals surface area contributed by atoms with Gasteiger partial charge in [-0.05, 0) is 17.9 Å². The van der Waals surface area contributed by atoms with E-state index in [4.69, 9.17) is 5.11 Å². The van der Waals surface area contributed by atoms with Gasteiger partial charge in [0.05, 0.1) is 11.8 Å². The van der Waals surface area contributed by atoms with Crippen LogP contribution in [-0.4, -0.2) is 31.6 Å². The van der Waals surface area contributed by atoms with E-state index in [1.54, 1.807) is 11.3 Å². The number of rotatable bonds is 6. The normalized spacial score (nSPS) is 12.5. The first-order valence-electron chi connectivity index (χ1n) is 5.68. The molecule has 2 heterocycles. The summed E-state index contributed by atoms with van der Waals surface area (Å²) in [6.07, 6.45) is 0.737. The van der Waals surface area contributed by atoms with E-state index in [1.165, 1.54) is 4.57 Å². The van der Waals surface area contributed by atoms with Gasteiger partial charge < -0.3 is 5.11 Å². The first-order valence-corrected chi connectivity index (χ1v) is 7.55. The van der Waals surface area contributed by atoms with Gasteiger partial charge in [-0.3, -0.25) is 9.36 Å². The Balaban J connectivity index is 2.34. The largest absolute Gasteiger partial charge is 0.481 e. The summed E-state index contributed by atoms with van der Waals surface area (Å²) >= 11 is 2.61. The van der Waals surface area contributed by atoms with Crippen molar-refractivity contribution in [2.75, 3.05) is 5.75 Å². The highest BCUT2D eigenvalue weighted by Crippen LogP contribution is 2.28. The van der Waals surface area contributed by atoms with Gasteiger partial charge in [0.2, 0.25) is 0 Å². The van der Waals surface area contributed by atoms with Crippen molar-refractivity contribution in [2.45, 2.75) is 24.5 Å². The van der Waals surface area contributed by atoms with Crippen molar-refractivity contribution in [1.29, 1.82) is 0 Å². The number of carbonyl (C=O) groups is 1. The summed E-state index contributed by atoms with van der Waals surface area (Å²) in [5.41, 5.74) is -0.312. The number of carboxylic acid groups (broad SMARTS) is 1. The van der Waals surface area contributed by atoms with Gasteiger partial charge in [-0.1, -0.05) is 24.8 Å². The van der Waals surface area contributed by atoms with E-state index in [-0.39, 0.29) is 17.5 Å². The van der Waals surface area contributed by atoms with E-state index < -0.39 is 5.97 Å². The summed E-state index contributed by atoms with van der Waals surface area (Å²) in [7, 11) is 0. The number of carboxylic acids is 1. The predicted molar refractivity (Wildman–Crippen MR) is 74.0 cm³/mol. The van der Waals surface area contributed by atoms with Crippen LogP contribution in [0, 0.1) is 0 Å². The summed E-state index contributed by atoms with van der Waals surface area (Å²) < 4.78 is 1.53. The Labute approximate surface area is 117 Å². The molecule has 8 heteroatoms. The zero-order valence-corrected chi connectivity index (χ0v) is 11.8. The predicted octanol–water partition coefficient (Wildman–Crippen LogP) is 1.81. The molecule has 2 rings (SSSR count). The van der Waals surface area contributed by atoms with Crippen LogP contribution in [0.4, 0.5) is 0 Å². The van der Waals surface area contributed by atoms with Crippen LogP contribution < -0.4 is 5.69 Å². The Morgan fingerprint density at radius 1 is 1.68 bits per heavy atom. The number of aromatic nitrogens is 3. The fourth-order valence-electron chi connectivity index (χ4n) is 1.79. The van der Waals surface area contributed by atoms with E-state index in [2.05, 4.69) is 10.2 Å². The van der Waals surface area contributed by atoms with Crippen molar-refractivity contribution in [3.05, 3.63) is 32.9 Å². The van der Waals surface area contributed by atoms with Crippen LogP contribution in [-0.2, 0) is 4.79 Å². The molecule has 1 atom stereocenters. The van der Waals surface area contributed by atoms with Gasteiger partial charge in [-0.15, -0.1) is 16.4 Å². The Hall–Kier alpha value is -1.54. The lowest BCUT2D eigenvalue weighted by molar-refractivity contribution is -0.133. The minimum absolute atomic E-state index is 0.109. The lowest BCUT2D eigenvalue weighted by atomic mass is 10.2. The molecule has 19 heavy (non-hydrogen) atoms. The second-order valence-electron chi connectivity index (χ2n) is 3.80. The standard InChI is InChI=1S/C11H13N3O3S2/c1-2-7(8-4-3-5-18-8)14-10(17)12-13-11(14)19-6-9(15)16/h3-5,7H,2,6H2,1H3,(H,12,17)(H,15,16). The third kappa shape index (κ3) is 3.07. The van der Waals surface area contributed by atoms with Crippen molar-refractivity contribution in [2.24, 2.45) is 0 Å². The molecular weight excluding hydrogens is 286 g/mol. The first-order chi connectivity index (χ1) is 9.13. The van der Waals surface area contributed by atoms with Gasteiger partial charge >= 0.3 is 11.7 Å². The summed E-state index contributed by atoms with van der Waals surface area (Å²) in [5.74, 6) is -1.05. The second kappa shape index (κ2) is 6.07. The Bertz CT molecular complexity index is 603. The van der Waals surface area contributed by atoms with Gasteiger partial charge in [-0.2, -0.15) is 0 Å². The van der Waals surface area contributed by atoms with Gasteiger partial charge in [0, 0.05) is 4.88 Å². The molecule has 0 aliphatic carbocycles. The number of hydrogen-bond donors (Lipinski definition) is 2. The number of thiophene rings is 1. The highest BCUT2D eigenvalue weighted by Gasteiger charge is 2.20. The number of nitrogens with one attached hydrogen (secondary N) is 1. The van der Waals surface area contributed by atoms with E-state index in [1.807, 2.05) is 24.4 Å². The number of thioether (sulfide) groups is 1. The molecule has 6 nitrogen and oxygen atoms in total. The van der Waals surface area contributed by atoms with Gasteiger partial charge in [0.15, 0.2) is 5.16 Å². The number of aromatic amines is 1. The van der Waals surface area contributed by atoms with Gasteiger partial charge in [0.25, 0.3) is 0 Å². The SMILES string of the molecule is CCC(c1cccs1)n1c(SCC(=O)O)n[nH]c1=O. The molecule has 0 amide bonds. The lowest BCUT2D eigenvalue weighted by Gasteiger charge is -2.15. The summed E-state index contributed by atoms with van der Waals surface area (Å²) in [6, 6.07) is 3.78. The van der Waals surface area contributed by atoms with Gasteiger partial charge in [0.1, 0.15) is 0 Å². The topological polar surface area (TPSA) is 88.0 Å². The molecule has 0 spiro atoms. The molecule has 1 unspecified atom stereocenters. The fourth-order valence-corrected chi connectivity index (χ4v) is 3.40. The maximum atomic E-state index is 11.9. The molecule has 2 aromatic rings. The van der Waals surface area contributed by atoms with Crippen LogP contribution in [0.25, 0.3) is 0 Å². The molecule has 0 aromatic carbocycles. The Kier molecular flexibility index (Phi) is 4.43. The Morgan fingerprint density at radius 2 is 2.47 bits per heavy atom. The zero-order valence-electron chi connectivity index (χ0n) is 10.2. The number of H-pyrrole nitrogens is 1. The third-order valence-corrected chi connectivity index (χ3v) is 4.48. The van der Waals surface area contributed by atoms with Gasteiger partial charge in [-0.25, -0.2) is 9.89 Å². The van der Waals surface area contributed by atoms with Crippen molar-refractivity contribution >= 4 is 29.1 Å². The maximum absolute atomic E-state index is 11.9. The van der Waals surface area contributed by atoms with Crippen LogP contribution in [0.1, 0.15) is 24.3 Å². The van der Waals surface area contributed by atoms with E-state index in [0.29, 0.717) is 5.16 Å². The maximum Gasteiger partial charge on any atom is 0.344 e. The Morgan fingerprint density at radius 3 is 3.05 bits per heavy atom. The third-order valence-electron chi connectivity index (χ3n) is 2.57. The molecule has 0 fully saturated rings. The monoisotopic (exact) mass is 299 g/mol. The quantitative estimate of drug-likeness (QED) is 0.794. The molecule has 102 valence electrons. The van der Waals surface area contributed by atoms with Crippen LogP contribution in [0.2, 0.25) is 0 Å². The average Bonchev–Trinajstić information content (AvgIpc) is 3.00. The van der Waals surface area contributed by atoms with Crippen molar-refractivity contribution in [3.63, 3.8) is 0 Å². The van der Waals surface area contributed by atoms with Crippen LogP contribution in [0.5, 0.6) is 0 Å². The van der Waals surface area contributed by atoms with Crippen molar-refractivity contribution in [3.8, 4) is 0 Å². The molecule has 0 bridgehead atoms. The minimum atomic E-state index is -0.934. The molecule has 0 saturated carbocycles. The first kappa shape index (κ1) is 13.9. The highest BCUT2D eigenvalue weighted by molar-refractivity contribution is 7.99. The summed E-state index contributed by atoms with van der Waals surface area (Å²) in [6.45, 7) is 1.98. The number of nitrogens with zero attached hydrogens (tertiary/aromatic N) is 2. The van der Waals surface area contributed by atoms with Crippen LogP contribution in [0.3, 0.4) is 0 Å². The second-order valence-corrected chi connectivity index (χ2v) is 5.72.